The van der Waals surface area contributed by atoms with Crippen LogP contribution in [0.2, 0.25) is 5.02 Å². The Morgan fingerprint density at radius 2 is 1.84 bits per heavy atom. The van der Waals surface area contributed by atoms with Gasteiger partial charge in [0.1, 0.15) is 5.75 Å². The van der Waals surface area contributed by atoms with Crippen LogP contribution in [0.3, 0.4) is 0 Å². The molecule has 0 aromatic heterocycles. The average Bonchev–Trinajstić information content (AvgIpc) is 2.59. The molecular formula is C17H18ClNO5S. The maximum Gasteiger partial charge on any atom is 0.338 e. The van der Waals surface area contributed by atoms with Gasteiger partial charge in [0, 0.05) is 5.69 Å². The highest BCUT2D eigenvalue weighted by Crippen LogP contribution is 2.27. The monoisotopic (exact) mass is 383 g/mol. The predicted molar refractivity (Wildman–Crippen MR) is 95.8 cm³/mol. The van der Waals surface area contributed by atoms with Crippen LogP contribution >= 0.6 is 11.6 Å². The summed E-state index contributed by atoms with van der Waals surface area (Å²) in [5.41, 5.74) is 0.669. The molecule has 0 saturated heterocycles. The molecule has 0 bridgehead atoms. The van der Waals surface area contributed by atoms with Crippen molar-refractivity contribution in [2.75, 3.05) is 18.4 Å². The lowest BCUT2D eigenvalue weighted by molar-refractivity contribution is 0.0505. The molecule has 25 heavy (non-hydrogen) atoms. The van der Waals surface area contributed by atoms with Crippen molar-refractivity contribution in [2.45, 2.75) is 18.2 Å². The first kappa shape index (κ1) is 19.1. The van der Waals surface area contributed by atoms with E-state index in [1.165, 1.54) is 49.6 Å². The molecule has 6 nitrogen and oxygen atoms in total. The summed E-state index contributed by atoms with van der Waals surface area (Å²) < 4.78 is 37.3. The topological polar surface area (TPSA) is 81.7 Å². The Kier molecular flexibility index (Phi) is 6.27. The van der Waals surface area contributed by atoms with E-state index in [0.29, 0.717) is 23.6 Å². The first-order valence-electron chi connectivity index (χ1n) is 7.51. The van der Waals surface area contributed by atoms with E-state index in [1.54, 1.807) is 0 Å². The number of carbonyl (C=O) groups excluding carboxylic acids is 1. The van der Waals surface area contributed by atoms with Gasteiger partial charge in [-0.05, 0) is 48.9 Å². The highest BCUT2D eigenvalue weighted by atomic mass is 35.5. The minimum atomic E-state index is -3.81. The van der Waals surface area contributed by atoms with Crippen LogP contribution in [0.5, 0.6) is 5.75 Å². The summed E-state index contributed by atoms with van der Waals surface area (Å²) in [5, 5.41) is 0.194. The van der Waals surface area contributed by atoms with Gasteiger partial charge in [0.05, 0.1) is 29.2 Å². The van der Waals surface area contributed by atoms with Crippen LogP contribution in [0.25, 0.3) is 0 Å². The van der Waals surface area contributed by atoms with E-state index in [4.69, 9.17) is 21.1 Å². The van der Waals surface area contributed by atoms with Crippen molar-refractivity contribution in [2.24, 2.45) is 0 Å². The van der Waals surface area contributed by atoms with Crippen molar-refractivity contribution in [3.63, 3.8) is 0 Å². The molecule has 2 rings (SSSR count). The number of methoxy groups -OCH3 is 1. The molecule has 0 atom stereocenters. The van der Waals surface area contributed by atoms with Gasteiger partial charge in [-0.2, -0.15) is 0 Å². The molecule has 0 aliphatic rings. The van der Waals surface area contributed by atoms with E-state index in [0.717, 1.165) is 6.42 Å². The first-order valence-corrected chi connectivity index (χ1v) is 9.37. The molecule has 2 aromatic rings. The number of sulfonamides is 1. The molecule has 0 aliphatic heterocycles. The van der Waals surface area contributed by atoms with E-state index in [9.17, 15) is 13.2 Å². The van der Waals surface area contributed by atoms with Crippen LogP contribution in [-0.2, 0) is 14.8 Å². The van der Waals surface area contributed by atoms with Crippen molar-refractivity contribution in [3.8, 4) is 5.75 Å². The van der Waals surface area contributed by atoms with Crippen molar-refractivity contribution in [1.82, 2.24) is 0 Å². The fourth-order valence-electron chi connectivity index (χ4n) is 1.98. The van der Waals surface area contributed by atoms with E-state index in [2.05, 4.69) is 4.72 Å². The van der Waals surface area contributed by atoms with Gasteiger partial charge < -0.3 is 9.47 Å². The maximum absolute atomic E-state index is 12.4. The zero-order valence-corrected chi connectivity index (χ0v) is 15.4. The van der Waals surface area contributed by atoms with Crippen LogP contribution in [0.15, 0.2) is 47.4 Å². The Morgan fingerprint density at radius 3 is 2.40 bits per heavy atom. The molecule has 0 aliphatic carbocycles. The van der Waals surface area contributed by atoms with E-state index in [-0.39, 0.29) is 9.92 Å². The van der Waals surface area contributed by atoms with Gasteiger partial charge in [0.15, 0.2) is 0 Å². The number of halogens is 1. The van der Waals surface area contributed by atoms with Crippen molar-refractivity contribution >= 4 is 33.3 Å². The molecule has 2 aromatic carbocycles. The summed E-state index contributed by atoms with van der Waals surface area (Å²) in [7, 11) is -2.37. The Morgan fingerprint density at radius 1 is 1.16 bits per heavy atom. The predicted octanol–water partition coefficient (Wildman–Crippen LogP) is 3.72. The number of esters is 1. The molecule has 134 valence electrons. The van der Waals surface area contributed by atoms with E-state index in [1.807, 2.05) is 6.92 Å². The van der Waals surface area contributed by atoms with Gasteiger partial charge in [-0.15, -0.1) is 0 Å². The van der Waals surface area contributed by atoms with Crippen LogP contribution in [0, 0.1) is 0 Å². The van der Waals surface area contributed by atoms with E-state index < -0.39 is 16.0 Å². The second kappa shape index (κ2) is 8.22. The fraction of sp³-hybridized carbons (Fsp3) is 0.235. The van der Waals surface area contributed by atoms with Gasteiger partial charge in [-0.1, -0.05) is 18.5 Å². The second-order valence-corrected chi connectivity index (χ2v) is 7.20. The Hall–Kier alpha value is -2.25. The Balaban J connectivity index is 2.15. The number of hydrogen-bond acceptors (Lipinski definition) is 5. The van der Waals surface area contributed by atoms with Crippen LogP contribution < -0.4 is 9.46 Å². The third-order valence-electron chi connectivity index (χ3n) is 3.24. The standard InChI is InChI=1S/C17H18ClNO5S/c1-3-10-24-17(20)12-4-6-13(7-5-12)19-25(21,22)14-8-9-16(23-2)15(18)11-14/h4-9,11,19H,3,10H2,1-2H3. The number of rotatable bonds is 7. The molecule has 1 N–H and O–H groups in total. The smallest absolute Gasteiger partial charge is 0.338 e. The Bertz CT molecular complexity index is 850. The van der Waals surface area contributed by atoms with Crippen molar-refractivity contribution in [3.05, 3.63) is 53.1 Å². The third kappa shape index (κ3) is 4.87. The number of nitrogens with one attached hydrogen (secondary N) is 1. The molecule has 0 saturated carbocycles. The van der Waals surface area contributed by atoms with Crippen molar-refractivity contribution < 1.29 is 22.7 Å². The van der Waals surface area contributed by atoms with Crippen molar-refractivity contribution in [1.29, 1.82) is 0 Å². The highest BCUT2D eigenvalue weighted by molar-refractivity contribution is 7.92. The zero-order valence-electron chi connectivity index (χ0n) is 13.8. The van der Waals surface area contributed by atoms with E-state index >= 15 is 0 Å². The van der Waals surface area contributed by atoms with Crippen LogP contribution in [-0.4, -0.2) is 28.1 Å². The summed E-state index contributed by atoms with van der Waals surface area (Å²) in [6.45, 7) is 2.24. The summed E-state index contributed by atoms with van der Waals surface area (Å²) in [5.74, 6) is -0.0613. The lowest BCUT2D eigenvalue weighted by Gasteiger charge is -2.10. The second-order valence-electron chi connectivity index (χ2n) is 5.12. The third-order valence-corrected chi connectivity index (χ3v) is 4.92. The van der Waals surface area contributed by atoms with Gasteiger partial charge in [0.25, 0.3) is 10.0 Å². The SMILES string of the molecule is CCCOC(=O)c1ccc(NS(=O)(=O)c2ccc(OC)c(Cl)c2)cc1. The van der Waals surface area contributed by atoms with Crippen LogP contribution in [0.4, 0.5) is 5.69 Å². The largest absolute Gasteiger partial charge is 0.495 e. The summed E-state index contributed by atoms with van der Waals surface area (Å²) in [6.07, 6.45) is 0.730. The number of benzene rings is 2. The lowest BCUT2D eigenvalue weighted by atomic mass is 10.2. The number of hydrogen-bond donors (Lipinski definition) is 1. The first-order chi connectivity index (χ1) is 11.9. The van der Waals surface area contributed by atoms with Gasteiger partial charge in [-0.25, -0.2) is 13.2 Å². The number of ether oxygens (including phenoxy) is 2. The molecular weight excluding hydrogens is 366 g/mol. The van der Waals surface area contributed by atoms with Gasteiger partial charge in [0.2, 0.25) is 0 Å². The molecule has 0 unspecified atom stereocenters. The molecule has 0 spiro atoms. The summed E-state index contributed by atoms with van der Waals surface area (Å²) >= 11 is 5.97. The molecule has 0 radical (unpaired) electrons. The zero-order chi connectivity index (χ0) is 18.4. The number of anilines is 1. The fourth-order valence-corrected chi connectivity index (χ4v) is 3.39. The highest BCUT2D eigenvalue weighted by Gasteiger charge is 2.16. The maximum atomic E-state index is 12.4. The summed E-state index contributed by atoms with van der Waals surface area (Å²) in [4.78, 5) is 11.7. The quantitative estimate of drug-likeness (QED) is 0.737. The van der Waals surface area contributed by atoms with Crippen LogP contribution in [0.1, 0.15) is 23.7 Å². The molecule has 0 fully saturated rings. The summed E-state index contributed by atoms with van der Waals surface area (Å²) in [6, 6.07) is 10.1. The molecule has 0 heterocycles. The lowest BCUT2D eigenvalue weighted by Crippen LogP contribution is -2.13. The molecule has 8 heteroatoms. The minimum Gasteiger partial charge on any atom is -0.495 e. The normalized spacial score (nSPS) is 11.0. The average molecular weight is 384 g/mol. The number of carbonyl (C=O) groups is 1. The molecule has 0 amide bonds. The van der Waals surface area contributed by atoms with Gasteiger partial charge >= 0.3 is 5.97 Å². The van der Waals surface area contributed by atoms with Gasteiger partial charge in [-0.3, -0.25) is 4.72 Å². The minimum absolute atomic E-state index is 0.00438. The Labute approximate surface area is 151 Å².